The van der Waals surface area contributed by atoms with Crippen molar-refractivity contribution in [3.05, 3.63) is 50.3 Å². The van der Waals surface area contributed by atoms with Crippen molar-refractivity contribution in [2.24, 2.45) is 0 Å². The van der Waals surface area contributed by atoms with E-state index in [1.54, 1.807) is 0 Å². The van der Waals surface area contributed by atoms with E-state index < -0.39 is 28.0 Å². The van der Waals surface area contributed by atoms with Crippen LogP contribution < -0.4 is 5.56 Å². The summed E-state index contributed by atoms with van der Waals surface area (Å²) in [5.74, 6) is -1.82. The van der Waals surface area contributed by atoms with Gasteiger partial charge in [0.25, 0.3) is 11.2 Å². The molecule has 0 radical (unpaired) electrons. The summed E-state index contributed by atoms with van der Waals surface area (Å²) in [5, 5.41) is 29.0. The standard InChI is InChI=1S/C11H7N3O6S/c15-8-4-9(16)13-11(12-8)21-7-2-1-5(10(17)18)3-6(7)14(19)20/h1-4H,(H,17,18)(H2,12,13,15,16). The molecule has 0 bridgehead atoms. The summed E-state index contributed by atoms with van der Waals surface area (Å²) in [6.45, 7) is 0. The molecule has 108 valence electrons. The Hall–Kier alpha value is -2.88. The van der Waals surface area contributed by atoms with Crippen molar-refractivity contribution in [2.45, 2.75) is 10.1 Å². The average molecular weight is 309 g/mol. The van der Waals surface area contributed by atoms with Crippen LogP contribution in [-0.2, 0) is 0 Å². The molecular weight excluding hydrogens is 302 g/mol. The maximum atomic E-state index is 11.2. The molecule has 9 nitrogen and oxygen atoms in total. The second-order valence-corrected chi connectivity index (χ2v) is 4.79. The number of nitro benzene ring substituents is 1. The minimum absolute atomic E-state index is 0.0498. The molecule has 0 atom stereocenters. The maximum absolute atomic E-state index is 11.2. The van der Waals surface area contributed by atoms with E-state index in [2.05, 4.69) is 9.97 Å². The Morgan fingerprint density at radius 1 is 1.38 bits per heavy atom. The number of rotatable bonds is 4. The number of carboxylic acid groups (broad SMARTS) is 1. The summed E-state index contributed by atoms with van der Waals surface area (Å²) in [4.78, 5) is 38.2. The summed E-state index contributed by atoms with van der Waals surface area (Å²) in [5.41, 5.74) is -1.29. The predicted octanol–water partition coefficient (Wildman–Crippen LogP) is 1.23. The summed E-state index contributed by atoms with van der Waals surface area (Å²) >= 11 is 0.730. The van der Waals surface area contributed by atoms with E-state index in [1.165, 1.54) is 12.1 Å². The number of hydrogen-bond donors (Lipinski definition) is 3. The van der Waals surface area contributed by atoms with Gasteiger partial charge in [0.05, 0.1) is 21.4 Å². The van der Waals surface area contributed by atoms with Crippen LogP contribution in [-0.4, -0.2) is 31.1 Å². The molecule has 1 aromatic heterocycles. The lowest BCUT2D eigenvalue weighted by Crippen LogP contribution is -2.06. The Kier molecular flexibility index (Phi) is 3.89. The number of aromatic nitrogens is 2. The first-order valence-electron chi connectivity index (χ1n) is 5.37. The highest BCUT2D eigenvalue weighted by Gasteiger charge is 2.19. The summed E-state index contributed by atoms with van der Waals surface area (Å²) < 4.78 is 0. The fraction of sp³-hybridized carbons (Fsp3) is 0. The summed E-state index contributed by atoms with van der Waals surface area (Å²) in [6.07, 6.45) is 0. The van der Waals surface area contributed by atoms with Crippen molar-refractivity contribution in [3.8, 4) is 5.88 Å². The number of nitrogens with zero attached hydrogens (tertiary/aromatic N) is 2. The molecular formula is C11H7N3O6S. The van der Waals surface area contributed by atoms with E-state index >= 15 is 0 Å². The van der Waals surface area contributed by atoms with Crippen molar-refractivity contribution in [3.63, 3.8) is 0 Å². The Balaban J connectivity index is 2.46. The van der Waals surface area contributed by atoms with Gasteiger partial charge >= 0.3 is 5.97 Å². The second kappa shape index (κ2) is 5.63. The average Bonchev–Trinajstić information content (AvgIpc) is 2.37. The number of nitrogens with one attached hydrogen (secondary N) is 1. The van der Waals surface area contributed by atoms with Crippen LogP contribution in [0.15, 0.2) is 39.1 Å². The summed E-state index contributed by atoms with van der Waals surface area (Å²) in [7, 11) is 0. The van der Waals surface area contributed by atoms with Gasteiger partial charge in [0.15, 0.2) is 5.16 Å². The van der Waals surface area contributed by atoms with Crippen LogP contribution >= 0.6 is 11.8 Å². The molecule has 0 aliphatic heterocycles. The lowest BCUT2D eigenvalue weighted by molar-refractivity contribution is -0.387. The molecule has 2 rings (SSSR count). The molecule has 0 fully saturated rings. The number of benzene rings is 1. The van der Waals surface area contributed by atoms with E-state index in [4.69, 9.17) is 5.11 Å². The largest absolute Gasteiger partial charge is 0.493 e. The topological polar surface area (TPSA) is 146 Å². The van der Waals surface area contributed by atoms with E-state index in [0.29, 0.717) is 0 Å². The minimum Gasteiger partial charge on any atom is -0.493 e. The highest BCUT2D eigenvalue weighted by atomic mass is 32.2. The fourth-order valence-electron chi connectivity index (χ4n) is 1.45. The Morgan fingerprint density at radius 3 is 2.67 bits per heavy atom. The number of carbonyl (C=O) groups is 1. The number of carboxylic acids is 1. The molecule has 1 aromatic carbocycles. The van der Waals surface area contributed by atoms with Gasteiger partial charge in [-0.1, -0.05) is 0 Å². The highest BCUT2D eigenvalue weighted by Crippen LogP contribution is 2.33. The zero-order valence-corrected chi connectivity index (χ0v) is 11.0. The van der Waals surface area contributed by atoms with Gasteiger partial charge in [0.1, 0.15) is 0 Å². The predicted molar refractivity (Wildman–Crippen MR) is 70.7 cm³/mol. The zero-order chi connectivity index (χ0) is 15.6. The van der Waals surface area contributed by atoms with Gasteiger partial charge in [-0.2, -0.15) is 4.98 Å². The molecule has 0 unspecified atom stereocenters. The first-order chi connectivity index (χ1) is 9.86. The molecule has 3 N–H and O–H groups in total. The second-order valence-electron chi connectivity index (χ2n) is 3.76. The zero-order valence-electron chi connectivity index (χ0n) is 10.1. The number of aromatic amines is 1. The number of aromatic hydroxyl groups is 1. The van der Waals surface area contributed by atoms with Crippen molar-refractivity contribution in [2.75, 3.05) is 0 Å². The van der Waals surface area contributed by atoms with Crippen LogP contribution in [0.25, 0.3) is 0 Å². The van der Waals surface area contributed by atoms with Crippen LogP contribution in [0.3, 0.4) is 0 Å². The van der Waals surface area contributed by atoms with Crippen LogP contribution in [0.2, 0.25) is 0 Å². The smallest absolute Gasteiger partial charge is 0.335 e. The van der Waals surface area contributed by atoms with Gasteiger partial charge in [0, 0.05) is 6.07 Å². The Morgan fingerprint density at radius 2 is 2.10 bits per heavy atom. The third kappa shape index (κ3) is 3.36. The highest BCUT2D eigenvalue weighted by molar-refractivity contribution is 7.99. The first kappa shape index (κ1) is 14.5. The fourth-order valence-corrected chi connectivity index (χ4v) is 2.33. The lowest BCUT2D eigenvalue weighted by atomic mass is 10.2. The van der Waals surface area contributed by atoms with E-state index in [0.717, 1.165) is 23.9 Å². The molecule has 0 saturated heterocycles. The number of H-pyrrole nitrogens is 1. The van der Waals surface area contributed by atoms with Gasteiger partial charge in [-0.15, -0.1) is 0 Å². The molecule has 1 heterocycles. The van der Waals surface area contributed by atoms with Crippen LogP contribution in [0, 0.1) is 10.1 Å². The third-order valence-corrected chi connectivity index (χ3v) is 3.27. The molecule has 0 amide bonds. The third-order valence-electron chi connectivity index (χ3n) is 2.32. The maximum Gasteiger partial charge on any atom is 0.335 e. The molecule has 21 heavy (non-hydrogen) atoms. The van der Waals surface area contributed by atoms with Crippen molar-refractivity contribution >= 4 is 23.4 Å². The van der Waals surface area contributed by atoms with Crippen molar-refractivity contribution in [1.82, 2.24) is 9.97 Å². The van der Waals surface area contributed by atoms with Crippen molar-refractivity contribution in [1.29, 1.82) is 0 Å². The van der Waals surface area contributed by atoms with Crippen LogP contribution in [0.5, 0.6) is 5.88 Å². The number of hydrogen-bond acceptors (Lipinski definition) is 7. The number of aromatic carboxylic acids is 1. The van der Waals surface area contributed by atoms with E-state index in [9.17, 15) is 24.8 Å². The molecule has 0 aliphatic rings. The lowest BCUT2D eigenvalue weighted by Gasteiger charge is -2.03. The monoisotopic (exact) mass is 309 g/mol. The Labute approximate surface area is 120 Å². The van der Waals surface area contributed by atoms with Crippen LogP contribution in [0.4, 0.5) is 5.69 Å². The molecule has 2 aromatic rings. The SMILES string of the molecule is O=C(O)c1ccc(Sc2nc(O)cc(=O)[nH]2)c([N+](=O)[O-])c1. The molecule has 0 spiro atoms. The van der Waals surface area contributed by atoms with Crippen LogP contribution in [0.1, 0.15) is 10.4 Å². The van der Waals surface area contributed by atoms with Gasteiger partial charge in [-0.3, -0.25) is 14.9 Å². The molecule has 0 aliphatic carbocycles. The quantitative estimate of drug-likeness (QED) is 0.434. The van der Waals surface area contributed by atoms with Gasteiger partial charge in [0.2, 0.25) is 5.88 Å². The van der Waals surface area contributed by atoms with Gasteiger partial charge < -0.3 is 15.2 Å². The Bertz CT molecular complexity index is 788. The number of nitro groups is 1. The molecule has 0 saturated carbocycles. The summed E-state index contributed by atoms with van der Waals surface area (Å²) in [6, 6.07) is 4.19. The van der Waals surface area contributed by atoms with Gasteiger partial charge in [-0.05, 0) is 23.9 Å². The van der Waals surface area contributed by atoms with E-state index in [1.807, 2.05) is 0 Å². The van der Waals surface area contributed by atoms with Gasteiger partial charge in [-0.25, -0.2) is 4.79 Å². The van der Waals surface area contributed by atoms with Crippen molar-refractivity contribution < 1.29 is 19.9 Å². The normalized spacial score (nSPS) is 10.3. The minimum atomic E-state index is -1.29. The van der Waals surface area contributed by atoms with E-state index in [-0.39, 0.29) is 15.6 Å². The molecule has 10 heteroatoms. The first-order valence-corrected chi connectivity index (χ1v) is 6.18.